The van der Waals surface area contributed by atoms with Crippen molar-refractivity contribution in [1.29, 1.82) is 0 Å². The zero-order chi connectivity index (χ0) is 12.4. The molecule has 1 atom stereocenters. The Morgan fingerprint density at radius 1 is 1.22 bits per heavy atom. The Morgan fingerprint density at radius 2 is 2.06 bits per heavy atom. The van der Waals surface area contributed by atoms with E-state index in [0.29, 0.717) is 5.92 Å². The third kappa shape index (κ3) is 2.57. The van der Waals surface area contributed by atoms with E-state index < -0.39 is 0 Å². The highest BCUT2D eigenvalue weighted by molar-refractivity contribution is 4.98. The van der Waals surface area contributed by atoms with Crippen LogP contribution in [0.5, 0.6) is 0 Å². The van der Waals surface area contributed by atoms with Crippen LogP contribution in [-0.2, 0) is 19.4 Å². The molecule has 1 fully saturated rings. The van der Waals surface area contributed by atoms with Gasteiger partial charge in [-0.05, 0) is 38.3 Å². The van der Waals surface area contributed by atoms with Gasteiger partial charge in [0, 0.05) is 31.9 Å². The summed E-state index contributed by atoms with van der Waals surface area (Å²) in [5, 5.41) is 17.2. The molecule has 1 aromatic rings. The van der Waals surface area contributed by atoms with E-state index in [4.69, 9.17) is 0 Å². The molecule has 2 aliphatic heterocycles. The summed E-state index contributed by atoms with van der Waals surface area (Å²) >= 11 is 0. The van der Waals surface area contributed by atoms with Crippen LogP contribution in [0.25, 0.3) is 0 Å². The molecule has 1 saturated heterocycles. The monoisotopic (exact) mass is 250 g/mol. The second-order valence-corrected chi connectivity index (χ2v) is 5.61. The predicted octanol–water partition coefficient (Wildman–Crippen LogP) is 0.375. The maximum absolute atomic E-state index is 9.22. The van der Waals surface area contributed by atoms with Gasteiger partial charge in [0.05, 0.1) is 0 Å². The third-order valence-electron chi connectivity index (χ3n) is 4.19. The van der Waals surface area contributed by atoms with Gasteiger partial charge in [0.1, 0.15) is 5.82 Å². The molecular weight excluding hydrogens is 228 g/mol. The van der Waals surface area contributed by atoms with Crippen molar-refractivity contribution in [2.75, 3.05) is 19.7 Å². The summed E-state index contributed by atoms with van der Waals surface area (Å²) in [6, 6.07) is 0. The molecule has 100 valence electrons. The van der Waals surface area contributed by atoms with Crippen molar-refractivity contribution in [3.05, 3.63) is 11.6 Å². The molecule has 0 bridgehead atoms. The first-order valence-electron chi connectivity index (χ1n) is 7.09. The maximum atomic E-state index is 9.22. The minimum atomic E-state index is 0.267. The number of piperidine rings is 1. The molecule has 0 amide bonds. The molecule has 0 saturated carbocycles. The fourth-order valence-corrected chi connectivity index (χ4v) is 3.01. The van der Waals surface area contributed by atoms with Gasteiger partial charge in [-0.25, -0.2) is 9.67 Å². The molecule has 5 heteroatoms. The molecule has 18 heavy (non-hydrogen) atoms. The van der Waals surface area contributed by atoms with Crippen LogP contribution in [0.2, 0.25) is 0 Å². The van der Waals surface area contributed by atoms with Crippen molar-refractivity contribution >= 4 is 0 Å². The van der Waals surface area contributed by atoms with E-state index >= 15 is 0 Å². The number of rotatable bonds is 3. The van der Waals surface area contributed by atoms with E-state index in [0.717, 1.165) is 56.5 Å². The highest BCUT2D eigenvalue weighted by atomic mass is 16.3. The Morgan fingerprint density at radius 3 is 2.83 bits per heavy atom. The second kappa shape index (κ2) is 5.36. The average molecular weight is 250 g/mol. The average Bonchev–Trinajstić information content (AvgIpc) is 2.80. The van der Waals surface area contributed by atoms with Crippen LogP contribution in [0.4, 0.5) is 0 Å². The van der Waals surface area contributed by atoms with Gasteiger partial charge in [-0.1, -0.05) is 0 Å². The summed E-state index contributed by atoms with van der Waals surface area (Å²) in [5.74, 6) is 3.23. The van der Waals surface area contributed by atoms with Gasteiger partial charge in [-0.3, -0.25) is 0 Å². The molecule has 2 N–H and O–H groups in total. The Kier molecular flexibility index (Phi) is 3.61. The van der Waals surface area contributed by atoms with Crippen LogP contribution in [-0.4, -0.2) is 39.6 Å². The van der Waals surface area contributed by atoms with Gasteiger partial charge >= 0.3 is 0 Å². The molecule has 5 nitrogen and oxygen atoms in total. The van der Waals surface area contributed by atoms with Gasteiger partial charge in [-0.15, -0.1) is 0 Å². The number of aliphatic hydroxyl groups excluding tert-OH is 1. The second-order valence-electron chi connectivity index (χ2n) is 5.61. The van der Waals surface area contributed by atoms with E-state index in [2.05, 4.69) is 15.4 Å². The zero-order valence-electron chi connectivity index (χ0n) is 10.8. The van der Waals surface area contributed by atoms with E-state index in [9.17, 15) is 5.11 Å². The molecule has 3 rings (SSSR count). The Bertz CT molecular complexity index is 398. The fourth-order valence-electron chi connectivity index (χ4n) is 3.01. The zero-order valence-corrected chi connectivity index (χ0v) is 10.8. The number of hydrogen-bond donors (Lipinski definition) is 2. The van der Waals surface area contributed by atoms with Crippen molar-refractivity contribution in [2.24, 2.45) is 11.8 Å². The van der Waals surface area contributed by atoms with Gasteiger partial charge in [-0.2, -0.15) is 5.10 Å². The first kappa shape index (κ1) is 12.1. The van der Waals surface area contributed by atoms with Crippen LogP contribution < -0.4 is 5.32 Å². The molecule has 3 heterocycles. The lowest BCUT2D eigenvalue weighted by Crippen LogP contribution is -2.28. The lowest BCUT2D eigenvalue weighted by Gasteiger charge is -2.21. The predicted molar refractivity (Wildman–Crippen MR) is 68.2 cm³/mol. The molecular formula is C13H22N4O. The van der Waals surface area contributed by atoms with Crippen LogP contribution >= 0.6 is 0 Å². The Hall–Kier alpha value is -0.940. The topological polar surface area (TPSA) is 63.0 Å². The summed E-state index contributed by atoms with van der Waals surface area (Å²) in [6.45, 7) is 3.36. The number of hydrogen-bond acceptors (Lipinski definition) is 4. The number of aromatic nitrogens is 3. The van der Waals surface area contributed by atoms with Gasteiger partial charge in [0.25, 0.3) is 0 Å². The highest BCUT2D eigenvalue weighted by Crippen LogP contribution is 2.20. The van der Waals surface area contributed by atoms with Gasteiger partial charge in [0.2, 0.25) is 0 Å². The van der Waals surface area contributed by atoms with E-state index in [1.54, 1.807) is 0 Å². The van der Waals surface area contributed by atoms with Crippen molar-refractivity contribution in [1.82, 2.24) is 20.1 Å². The van der Waals surface area contributed by atoms with Crippen LogP contribution in [0, 0.1) is 11.8 Å². The quantitative estimate of drug-likeness (QED) is 0.814. The highest BCUT2D eigenvalue weighted by Gasteiger charge is 2.22. The molecule has 0 aromatic carbocycles. The molecule has 0 radical (unpaired) electrons. The Labute approximate surface area is 108 Å². The summed E-state index contributed by atoms with van der Waals surface area (Å²) in [6.07, 6.45) is 5.50. The summed E-state index contributed by atoms with van der Waals surface area (Å²) in [5.41, 5.74) is 0. The third-order valence-corrected chi connectivity index (χ3v) is 4.19. The van der Waals surface area contributed by atoms with E-state index in [1.165, 1.54) is 12.8 Å². The lowest BCUT2D eigenvalue weighted by atomic mass is 9.94. The summed E-state index contributed by atoms with van der Waals surface area (Å²) in [4.78, 5) is 4.66. The number of nitrogens with one attached hydrogen (secondary N) is 1. The number of fused-ring (bicyclic) bond motifs is 1. The summed E-state index contributed by atoms with van der Waals surface area (Å²) < 4.78 is 2.01. The molecule has 1 unspecified atom stereocenters. The van der Waals surface area contributed by atoms with Gasteiger partial charge in [0.15, 0.2) is 5.82 Å². The first-order valence-corrected chi connectivity index (χ1v) is 7.09. The molecule has 0 aliphatic carbocycles. The lowest BCUT2D eigenvalue weighted by molar-refractivity contribution is 0.185. The normalized spacial score (nSPS) is 25.1. The standard InChI is InChI=1S/C13H22N4O/c18-9-11-1-2-13-15-12(16-17(13)8-11)7-10-3-5-14-6-4-10/h10-11,14,18H,1-9H2. The maximum Gasteiger partial charge on any atom is 0.151 e. The number of nitrogens with zero attached hydrogens (tertiary/aromatic N) is 3. The van der Waals surface area contributed by atoms with Crippen LogP contribution in [0.1, 0.15) is 30.9 Å². The van der Waals surface area contributed by atoms with Crippen LogP contribution in [0.15, 0.2) is 0 Å². The van der Waals surface area contributed by atoms with Crippen LogP contribution in [0.3, 0.4) is 0 Å². The minimum Gasteiger partial charge on any atom is -0.396 e. The minimum absolute atomic E-state index is 0.267. The number of aliphatic hydroxyl groups is 1. The number of aryl methyl sites for hydroxylation is 1. The Balaban J connectivity index is 1.65. The largest absolute Gasteiger partial charge is 0.396 e. The van der Waals surface area contributed by atoms with E-state index in [1.807, 2.05) is 4.68 Å². The van der Waals surface area contributed by atoms with Crippen molar-refractivity contribution in [3.8, 4) is 0 Å². The molecule has 0 spiro atoms. The summed E-state index contributed by atoms with van der Waals surface area (Å²) in [7, 11) is 0. The molecule has 2 aliphatic rings. The van der Waals surface area contributed by atoms with Gasteiger partial charge < -0.3 is 10.4 Å². The molecule has 1 aromatic heterocycles. The van der Waals surface area contributed by atoms with Crippen molar-refractivity contribution in [3.63, 3.8) is 0 Å². The SMILES string of the molecule is OCC1CCc2nc(CC3CCNCC3)nn2C1. The first-order chi connectivity index (χ1) is 8.85. The van der Waals surface area contributed by atoms with E-state index in [-0.39, 0.29) is 6.61 Å². The fraction of sp³-hybridized carbons (Fsp3) is 0.846. The van der Waals surface area contributed by atoms with Crippen molar-refractivity contribution in [2.45, 2.75) is 38.6 Å². The smallest absolute Gasteiger partial charge is 0.151 e. The van der Waals surface area contributed by atoms with Crippen molar-refractivity contribution < 1.29 is 5.11 Å².